The Labute approximate surface area is 181 Å². The molecule has 0 bridgehead atoms. The maximum absolute atomic E-state index is 11.8. The Morgan fingerprint density at radius 1 is 1.19 bits per heavy atom. The Morgan fingerprint density at radius 2 is 2.06 bits per heavy atom. The smallest absolute Gasteiger partial charge is 0.246 e. The van der Waals surface area contributed by atoms with E-state index in [4.69, 9.17) is 4.74 Å². The first kappa shape index (κ1) is 20.3. The van der Waals surface area contributed by atoms with E-state index in [1.54, 1.807) is 38.5 Å². The molecule has 4 rings (SSSR count). The molecule has 0 aliphatic carbocycles. The van der Waals surface area contributed by atoms with Gasteiger partial charge in [0.1, 0.15) is 5.75 Å². The zero-order chi connectivity index (χ0) is 21.8. The van der Waals surface area contributed by atoms with Gasteiger partial charge in [-0.15, -0.1) is 0 Å². The van der Waals surface area contributed by atoms with Gasteiger partial charge in [0, 0.05) is 54.7 Å². The summed E-state index contributed by atoms with van der Waals surface area (Å²) in [6.07, 6.45) is 6.56. The second kappa shape index (κ2) is 8.79. The Kier molecular flexibility index (Phi) is 5.75. The normalized spacial score (nSPS) is 15.6. The van der Waals surface area contributed by atoms with E-state index in [0.29, 0.717) is 5.90 Å². The number of amides is 1. The number of rotatable bonds is 5. The van der Waals surface area contributed by atoms with Crippen LogP contribution in [-0.2, 0) is 4.79 Å². The van der Waals surface area contributed by atoms with E-state index in [-0.39, 0.29) is 12.2 Å². The molecule has 1 aliphatic heterocycles. The van der Waals surface area contributed by atoms with Crippen molar-refractivity contribution in [2.24, 2.45) is 4.99 Å². The van der Waals surface area contributed by atoms with E-state index < -0.39 is 0 Å². The molecule has 7 heteroatoms. The van der Waals surface area contributed by atoms with Crippen LogP contribution in [0.25, 0.3) is 17.0 Å². The van der Waals surface area contributed by atoms with Gasteiger partial charge in [0.2, 0.25) is 11.8 Å². The van der Waals surface area contributed by atoms with Gasteiger partial charge in [0.05, 0.1) is 0 Å². The lowest BCUT2D eigenvalue weighted by Gasteiger charge is -2.20. The summed E-state index contributed by atoms with van der Waals surface area (Å²) in [6.45, 7) is 2.03. The topological polar surface area (TPSA) is 81.8 Å². The molecule has 2 heterocycles. The fourth-order valence-corrected chi connectivity index (χ4v) is 3.20. The molecule has 0 saturated carbocycles. The quantitative estimate of drug-likeness (QED) is 0.553. The molecule has 0 saturated heterocycles. The van der Waals surface area contributed by atoms with Gasteiger partial charge in [-0.05, 0) is 55.0 Å². The number of aryl methyl sites for hydroxylation is 1. The van der Waals surface area contributed by atoms with Gasteiger partial charge in [0.25, 0.3) is 0 Å². The van der Waals surface area contributed by atoms with Crippen LogP contribution in [0.3, 0.4) is 0 Å². The minimum absolute atomic E-state index is 0.0585. The summed E-state index contributed by atoms with van der Waals surface area (Å²) in [5, 5.41) is 7.57. The minimum Gasteiger partial charge on any atom is -0.439 e. The van der Waals surface area contributed by atoms with Gasteiger partial charge in [0.15, 0.2) is 6.29 Å². The van der Waals surface area contributed by atoms with E-state index in [2.05, 4.69) is 26.7 Å². The number of nitrogens with one attached hydrogen (secondary N) is 3. The Balaban J connectivity index is 1.44. The molecule has 31 heavy (non-hydrogen) atoms. The van der Waals surface area contributed by atoms with Gasteiger partial charge in [-0.2, -0.15) is 0 Å². The van der Waals surface area contributed by atoms with Crippen LogP contribution < -0.4 is 15.4 Å². The third kappa shape index (κ3) is 5.14. The summed E-state index contributed by atoms with van der Waals surface area (Å²) in [7, 11) is 3.45. The summed E-state index contributed by atoms with van der Waals surface area (Å²) >= 11 is 0. The fourth-order valence-electron chi connectivity index (χ4n) is 3.20. The Bertz CT molecular complexity index is 1190. The average molecular weight is 415 g/mol. The molecule has 1 aromatic heterocycles. The van der Waals surface area contributed by atoms with Crippen LogP contribution in [0, 0.1) is 6.92 Å². The van der Waals surface area contributed by atoms with Gasteiger partial charge < -0.3 is 25.3 Å². The third-order valence-corrected chi connectivity index (χ3v) is 4.73. The van der Waals surface area contributed by atoms with Crippen LogP contribution in [0.1, 0.15) is 11.3 Å². The Morgan fingerprint density at radius 3 is 2.90 bits per heavy atom. The first-order valence-electron chi connectivity index (χ1n) is 10.00. The minimum atomic E-state index is -0.374. The first-order chi connectivity index (χ1) is 15.0. The lowest BCUT2D eigenvalue weighted by Crippen LogP contribution is -2.35. The van der Waals surface area contributed by atoms with E-state index in [0.717, 1.165) is 33.6 Å². The number of aromatic amines is 1. The largest absolute Gasteiger partial charge is 0.439 e. The zero-order valence-electron chi connectivity index (χ0n) is 17.7. The fraction of sp³-hybridized carbons (Fsp3) is 0.167. The van der Waals surface area contributed by atoms with Gasteiger partial charge in [-0.25, -0.2) is 4.99 Å². The van der Waals surface area contributed by atoms with Crippen molar-refractivity contribution in [3.63, 3.8) is 0 Å². The van der Waals surface area contributed by atoms with Crippen LogP contribution in [0.2, 0.25) is 0 Å². The van der Waals surface area contributed by atoms with Crippen molar-refractivity contribution < 1.29 is 9.53 Å². The number of H-pyrrole nitrogens is 1. The molecule has 0 fully saturated rings. The van der Waals surface area contributed by atoms with Crippen LogP contribution in [0.15, 0.2) is 71.9 Å². The van der Waals surface area contributed by atoms with E-state index in [1.165, 1.54) is 4.90 Å². The number of hydrogen-bond donors (Lipinski definition) is 3. The number of nitrogens with zero attached hydrogens (tertiary/aromatic N) is 2. The second-order valence-electron chi connectivity index (χ2n) is 7.51. The highest BCUT2D eigenvalue weighted by atomic mass is 16.5. The lowest BCUT2D eigenvalue weighted by atomic mass is 10.2. The van der Waals surface area contributed by atoms with Crippen LogP contribution in [0.5, 0.6) is 5.75 Å². The molecule has 3 aromatic rings. The first-order valence-corrected chi connectivity index (χ1v) is 10.00. The van der Waals surface area contributed by atoms with Crippen molar-refractivity contribution >= 4 is 34.5 Å². The number of hydrogen-bond acceptors (Lipinski definition) is 5. The Hall–Kier alpha value is -4.00. The van der Waals surface area contributed by atoms with E-state index in [1.807, 2.05) is 49.4 Å². The zero-order valence-corrected chi connectivity index (χ0v) is 17.7. The average Bonchev–Trinajstić information content (AvgIpc) is 3.12. The summed E-state index contributed by atoms with van der Waals surface area (Å²) < 4.78 is 5.97. The molecule has 7 nitrogen and oxygen atoms in total. The molecular weight excluding hydrogens is 390 g/mol. The third-order valence-electron chi connectivity index (χ3n) is 4.73. The van der Waals surface area contributed by atoms with Crippen LogP contribution in [0.4, 0.5) is 5.69 Å². The lowest BCUT2D eigenvalue weighted by molar-refractivity contribution is -0.123. The predicted molar refractivity (Wildman–Crippen MR) is 125 cm³/mol. The molecule has 2 aromatic carbocycles. The molecule has 0 spiro atoms. The number of aromatic nitrogens is 1. The van der Waals surface area contributed by atoms with E-state index in [9.17, 15) is 4.79 Å². The van der Waals surface area contributed by atoms with Crippen molar-refractivity contribution in [3.8, 4) is 5.75 Å². The van der Waals surface area contributed by atoms with Crippen molar-refractivity contribution in [2.45, 2.75) is 13.2 Å². The van der Waals surface area contributed by atoms with Gasteiger partial charge >= 0.3 is 0 Å². The molecule has 158 valence electrons. The van der Waals surface area contributed by atoms with Crippen LogP contribution in [-0.4, -0.2) is 42.1 Å². The van der Waals surface area contributed by atoms with Gasteiger partial charge in [-0.3, -0.25) is 4.79 Å². The maximum atomic E-state index is 11.8. The molecular formula is C24H25N5O2. The number of carbonyl (C=O) groups is 1. The highest BCUT2D eigenvalue weighted by Gasteiger charge is 2.12. The number of benzene rings is 2. The molecule has 1 aliphatic rings. The van der Waals surface area contributed by atoms with Gasteiger partial charge in [-0.1, -0.05) is 12.1 Å². The van der Waals surface area contributed by atoms with Crippen molar-refractivity contribution in [3.05, 3.63) is 78.1 Å². The predicted octanol–water partition coefficient (Wildman–Crippen LogP) is 3.87. The number of carbonyl (C=O) groups excluding carboxylic acids is 1. The number of anilines is 1. The molecule has 1 unspecified atom stereocenters. The summed E-state index contributed by atoms with van der Waals surface area (Å²) in [4.78, 5) is 21.2. The van der Waals surface area contributed by atoms with E-state index >= 15 is 0 Å². The maximum Gasteiger partial charge on any atom is 0.246 e. The molecule has 1 amide bonds. The van der Waals surface area contributed by atoms with Crippen molar-refractivity contribution in [1.82, 2.24) is 15.2 Å². The summed E-state index contributed by atoms with van der Waals surface area (Å²) in [6, 6.07) is 15.8. The number of ether oxygens (including phenoxy) is 1. The van der Waals surface area contributed by atoms with Crippen molar-refractivity contribution in [2.75, 3.05) is 19.4 Å². The van der Waals surface area contributed by atoms with Crippen LogP contribution >= 0.6 is 0 Å². The summed E-state index contributed by atoms with van der Waals surface area (Å²) in [5.41, 5.74) is 3.98. The molecule has 1 atom stereocenters. The molecule has 3 N–H and O–H groups in total. The highest BCUT2D eigenvalue weighted by molar-refractivity contribution is 5.92. The number of fused-ring (bicyclic) bond motifs is 1. The number of likely N-dealkylation sites (N-methyl/N-ethyl adjacent to an activating group) is 1. The summed E-state index contributed by atoms with van der Waals surface area (Å²) in [5.74, 6) is 1.18. The SMILES string of the molecule is Cc1cc2cc(OC3=NC(Nc4cccc(/C=C/C(=O)N(C)C)c4)NC=C3)ccc2[nH]1. The second-order valence-corrected chi connectivity index (χ2v) is 7.51. The monoisotopic (exact) mass is 415 g/mol. The molecule has 0 radical (unpaired) electrons. The highest BCUT2D eigenvalue weighted by Crippen LogP contribution is 2.22. The van der Waals surface area contributed by atoms with Crippen molar-refractivity contribution in [1.29, 1.82) is 0 Å². The standard InChI is InChI=1S/C24H25N5O2/c1-16-13-18-15-20(8-9-21(18)26-16)31-22-11-12-25-24(28-22)27-19-6-4-5-17(14-19)7-10-23(30)29(2)3/h4-15,24-27H,1-3H3/b10-7+. The number of aliphatic imine (C=N–C) groups is 1.